The fraction of sp³-hybridized carbons (Fsp3) is 0.417. The van der Waals surface area contributed by atoms with E-state index in [1.54, 1.807) is 0 Å². The third-order valence-corrected chi connectivity index (χ3v) is 2.54. The molecule has 0 radical (unpaired) electrons. The van der Waals surface area contributed by atoms with Crippen molar-refractivity contribution in [2.24, 2.45) is 5.92 Å². The molecule has 0 saturated carbocycles. The maximum atomic E-state index is 10.5. The van der Waals surface area contributed by atoms with Crippen LogP contribution in [0.25, 0.3) is 0 Å². The van der Waals surface area contributed by atoms with Crippen LogP contribution in [0.1, 0.15) is 18.9 Å². The zero-order valence-corrected chi connectivity index (χ0v) is 9.10. The molecule has 1 N–H and O–H groups in total. The van der Waals surface area contributed by atoms with Crippen LogP contribution in [0.4, 0.5) is 0 Å². The Bertz CT molecular complexity index is 400. The Morgan fingerprint density at radius 1 is 1.44 bits per heavy atom. The van der Waals surface area contributed by atoms with Gasteiger partial charge in [-0.3, -0.25) is 4.79 Å². The number of benzene rings is 1. The molecule has 1 atom stereocenters. The van der Waals surface area contributed by atoms with Gasteiger partial charge >= 0.3 is 5.97 Å². The Morgan fingerprint density at radius 3 is 2.94 bits per heavy atom. The van der Waals surface area contributed by atoms with Crippen LogP contribution in [0.5, 0.6) is 11.5 Å². The van der Waals surface area contributed by atoms with Gasteiger partial charge < -0.3 is 14.6 Å². The van der Waals surface area contributed by atoms with Gasteiger partial charge in [-0.15, -0.1) is 0 Å². The number of carboxylic acids is 1. The van der Waals surface area contributed by atoms with E-state index in [9.17, 15) is 4.79 Å². The number of fused-ring (bicyclic) bond motifs is 1. The van der Waals surface area contributed by atoms with E-state index in [0.29, 0.717) is 0 Å². The van der Waals surface area contributed by atoms with Gasteiger partial charge in [0, 0.05) is 6.42 Å². The van der Waals surface area contributed by atoms with E-state index in [-0.39, 0.29) is 19.1 Å². The lowest BCUT2D eigenvalue weighted by Gasteiger charge is -2.08. The van der Waals surface area contributed by atoms with Crippen molar-refractivity contribution in [2.45, 2.75) is 19.8 Å². The lowest BCUT2D eigenvalue weighted by molar-refractivity contribution is -0.137. The average molecular weight is 222 g/mol. The number of hydrogen-bond acceptors (Lipinski definition) is 3. The van der Waals surface area contributed by atoms with Crippen molar-refractivity contribution in [3.05, 3.63) is 23.8 Å². The minimum Gasteiger partial charge on any atom is -0.481 e. The fourth-order valence-electron chi connectivity index (χ4n) is 1.84. The number of carbonyl (C=O) groups is 1. The van der Waals surface area contributed by atoms with Crippen molar-refractivity contribution in [3.63, 3.8) is 0 Å². The third kappa shape index (κ3) is 2.45. The van der Waals surface area contributed by atoms with Crippen molar-refractivity contribution < 1.29 is 19.4 Å². The Hall–Kier alpha value is -1.71. The van der Waals surface area contributed by atoms with E-state index < -0.39 is 5.97 Å². The monoisotopic (exact) mass is 222 g/mol. The predicted octanol–water partition coefficient (Wildman–Crippen LogP) is 2.07. The Morgan fingerprint density at radius 2 is 2.19 bits per heavy atom. The number of rotatable bonds is 4. The van der Waals surface area contributed by atoms with Crippen LogP contribution in [0.3, 0.4) is 0 Å². The molecule has 86 valence electrons. The zero-order valence-electron chi connectivity index (χ0n) is 9.10. The van der Waals surface area contributed by atoms with Crippen LogP contribution in [0, 0.1) is 5.92 Å². The molecule has 0 bridgehead atoms. The summed E-state index contributed by atoms with van der Waals surface area (Å²) in [7, 11) is 0. The minimum absolute atomic E-state index is 0.123. The topological polar surface area (TPSA) is 55.8 Å². The summed E-state index contributed by atoms with van der Waals surface area (Å²) in [6.07, 6.45) is 0.928. The van der Waals surface area contributed by atoms with E-state index in [2.05, 4.69) is 0 Å². The molecule has 0 saturated heterocycles. The molecule has 2 rings (SSSR count). The SMILES string of the molecule is C[C@@H](CC(=O)O)Cc1ccc2c(c1)OCO2. The highest BCUT2D eigenvalue weighted by molar-refractivity contribution is 5.67. The van der Waals surface area contributed by atoms with Gasteiger partial charge in [-0.05, 0) is 30.0 Å². The lowest BCUT2D eigenvalue weighted by atomic mass is 9.98. The van der Waals surface area contributed by atoms with E-state index >= 15 is 0 Å². The molecule has 4 nitrogen and oxygen atoms in total. The number of aliphatic carboxylic acids is 1. The quantitative estimate of drug-likeness (QED) is 0.847. The molecular weight excluding hydrogens is 208 g/mol. The number of hydrogen-bond donors (Lipinski definition) is 1. The van der Waals surface area contributed by atoms with E-state index in [4.69, 9.17) is 14.6 Å². The molecule has 1 aromatic carbocycles. The second kappa shape index (κ2) is 4.43. The summed E-state index contributed by atoms with van der Waals surface area (Å²) in [5.74, 6) is 0.876. The Kier molecular flexibility index (Phi) is 2.99. The van der Waals surface area contributed by atoms with Crippen LogP contribution in [0.2, 0.25) is 0 Å². The molecule has 0 amide bonds. The van der Waals surface area contributed by atoms with Crippen molar-refractivity contribution in [3.8, 4) is 11.5 Å². The summed E-state index contributed by atoms with van der Waals surface area (Å²) in [4.78, 5) is 10.5. The maximum Gasteiger partial charge on any atom is 0.303 e. The lowest BCUT2D eigenvalue weighted by Crippen LogP contribution is -2.06. The smallest absolute Gasteiger partial charge is 0.303 e. The highest BCUT2D eigenvalue weighted by atomic mass is 16.7. The van der Waals surface area contributed by atoms with Crippen molar-refractivity contribution in [1.29, 1.82) is 0 Å². The summed E-state index contributed by atoms with van der Waals surface area (Å²) in [6.45, 7) is 2.20. The first-order valence-corrected chi connectivity index (χ1v) is 5.25. The number of carboxylic acid groups (broad SMARTS) is 1. The summed E-state index contributed by atoms with van der Waals surface area (Å²) in [6, 6.07) is 5.73. The van der Waals surface area contributed by atoms with E-state index in [0.717, 1.165) is 23.5 Å². The molecule has 1 aliphatic rings. The van der Waals surface area contributed by atoms with Crippen LogP contribution >= 0.6 is 0 Å². The van der Waals surface area contributed by atoms with Crippen molar-refractivity contribution in [1.82, 2.24) is 0 Å². The van der Waals surface area contributed by atoms with Crippen LogP contribution in [0.15, 0.2) is 18.2 Å². The summed E-state index contributed by atoms with van der Waals surface area (Å²) in [5.41, 5.74) is 1.08. The minimum atomic E-state index is -0.756. The molecule has 0 aliphatic carbocycles. The molecule has 4 heteroatoms. The van der Waals surface area contributed by atoms with Crippen LogP contribution in [-0.2, 0) is 11.2 Å². The highest BCUT2D eigenvalue weighted by Crippen LogP contribution is 2.33. The van der Waals surface area contributed by atoms with Gasteiger partial charge in [0.15, 0.2) is 11.5 Å². The first-order chi connectivity index (χ1) is 7.65. The van der Waals surface area contributed by atoms with Gasteiger partial charge in [0.1, 0.15) is 0 Å². The summed E-state index contributed by atoms with van der Waals surface area (Å²) < 4.78 is 10.5. The van der Waals surface area contributed by atoms with Crippen molar-refractivity contribution >= 4 is 5.97 Å². The van der Waals surface area contributed by atoms with E-state index in [1.807, 2.05) is 25.1 Å². The van der Waals surface area contributed by atoms with Gasteiger partial charge in [0.2, 0.25) is 6.79 Å². The van der Waals surface area contributed by atoms with E-state index in [1.165, 1.54) is 0 Å². The highest BCUT2D eigenvalue weighted by Gasteiger charge is 2.15. The first kappa shape index (κ1) is 10.8. The standard InChI is InChI=1S/C12H14O4/c1-8(5-12(13)14)4-9-2-3-10-11(6-9)16-7-15-10/h2-3,6,8H,4-5,7H2,1H3,(H,13,14)/t8-/m1/s1. The van der Waals surface area contributed by atoms with Crippen molar-refractivity contribution in [2.75, 3.05) is 6.79 Å². The molecule has 1 aromatic rings. The molecule has 1 heterocycles. The Balaban J connectivity index is 2.02. The number of ether oxygens (including phenoxy) is 2. The fourth-order valence-corrected chi connectivity index (χ4v) is 1.84. The molecule has 0 aromatic heterocycles. The summed E-state index contributed by atoms with van der Waals surface area (Å²) in [5, 5.41) is 8.67. The summed E-state index contributed by atoms with van der Waals surface area (Å²) >= 11 is 0. The molecule has 0 spiro atoms. The predicted molar refractivity (Wildman–Crippen MR) is 57.7 cm³/mol. The van der Waals surface area contributed by atoms with Crippen LogP contribution < -0.4 is 9.47 Å². The van der Waals surface area contributed by atoms with Gasteiger partial charge in [-0.1, -0.05) is 13.0 Å². The third-order valence-electron chi connectivity index (χ3n) is 2.54. The second-order valence-electron chi connectivity index (χ2n) is 4.09. The Labute approximate surface area is 93.8 Å². The largest absolute Gasteiger partial charge is 0.481 e. The normalized spacial score (nSPS) is 14.8. The average Bonchev–Trinajstić information content (AvgIpc) is 2.63. The van der Waals surface area contributed by atoms with Crippen LogP contribution in [-0.4, -0.2) is 17.9 Å². The maximum absolute atomic E-state index is 10.5. The first-order valence-electron chi connectivity index (χ1n) is 5.25. The van der Waals surface area contributed by atoms with Gasteiger partial charge in [0.25, 0.3) is 0 Å². The second-order valence-corrected chi connectivity index (χ2v) is 4.09. The molecule has 0 fully saturated rings. The molecule has 0 unspecified atom stereocenters. The molecule has 1 aliphatic heterocycles. The molecular formula is C12H14O4. The van der Waals surface area contributed by atoms with Gasteiger partial charge in [-0.25, -0.2) is 0 Å². The van der Waals surface area contributed by atoms with Gasteiger partial charge in [-0.2, -0.15) is 0 Å². The van der Waals surface area contributed by atoms with Gasteiger partial charge in [0.05, 0.1) is 0 Å². The molecule has 16 heavy (non-hydrogen) atoms. The zero-order chi connectivity index (χ0) is 11.5.